The van der Waals surface area contributed by atoms with Gasteiger partial charge in [0.1, 0.15) is 11.3 Å². The maximum absolute atomic E-state index is 6.27. The zero-order valence-electron chi connectivity index (χ0n) is 26.3. The minimum absolute atomic E-state index is 0.859. The first-order valence-electron chi connectivity index (χ1n) is 16.3. The zero-order valence-corrected chi connectivity index (χ0v) is 26.3. The van der Waals surface area contributed by atoms with Crippen molar-refractivity contribution in [3.05, 3.63) is 188 Å². The zero-order chi connectivity index (χ0) is 31.9. The van der Waals surface area contributed by atoms with Crippen LogP contribution in [0.3, 0.4) is 0 Å². The lowest BCUT2D eigenvalue weighted by atomic mass is 9.95. The van der Waals surface area contributed by atoms with Crippen molar-refractivity contribution >= 4 is 49.6 Å². The summed E-state index contributed by atoms with van der Waals surface area (Å²) in [5.74, 6) is 0.859. The summed E-state index contributed by atoms with van der Waals surface area (Å²) in [6.45, 7) is 0. The highest BCUT2D eigenvalue weighted by atomic mass is 16.3. The van der Waals surface area contributed by atoms with E-state index in [0.29, 0.717) is 0 Å². The number of furan rings is 1. The molecule has 0 spiro atoms. The molecule has 226 valence electrons. The third kappa shape index (κ3) is 5.10. The van der Waals surface area contributed by atoms with Crippen LogP contribution >= 0.6 is 0 Å². The van der Waals surface area contributed by atoms with Crippen LogP contribution in [0.2, 0.25) is 0 Å². The average molecular weight is 614 g/mol. The Hall–Kier alpha value is -6.38. The third-order valence-electron chi connectivity index (χ3n) is 9.23. The molecule has 0 amide bonds. The van der Waals surface area contributed by atoms with Crippen LogP contribution < -0.4 is 4.90 Å². The standard InChI is InChI=1S/C46H31NO/c1-2-12-36-29-42(27-24-32(36)10-1)47(41-18-8-17-38(30-41)46-31-39-13-4-6-21-45(39)48-46)40-25-22-33(23-26-40)35-15-7-16-37(28-35)44-20-9-14-34-11-3-5-19-43(34)44/h1-31H. The second kappa shape index (κ2) is 11.8. The Balaban J connectivity index is 1.12. The topological polar surface area (TPSA) is 16.4 Å². The molecule has 0 radical (unpaired) electrons. The van der Waals surface area contributed by atoms with Gasteiger partial charge in [0.2, 0.25) is 0 Å². The van der Waals surface area contributed by atoms with E-state index in [-0.39, 0.29) is 0 Å². The lowest BCUT2D eigenvalue weighted by molar-refractivity contribution is 0.631. The fourth-order valence-electron chi connectivity index (χ4n) is 6.83. The van der Waals surface area contributed by atoms with Crippen molar-refractivity contribution in [2.75, 3.05) is 4.90 Å². The molecule has 0 aliphatic heterocycles. The number of nitrogens with zero attached hydrogens (tertiary/aromatic N) is 1. The van der Waals surface area contributed by atoms with Crippen LogP contribution in [-0.4, -0.2) is 0 Å². The van der Waals surface area contributed by atoms with Gasteiger partial charge in [0, 0.05) is 28.0 Å². The van der Waals surface area contributed by atoms with Gasteiger partial charge < -0.3 is 9.32 Å². The summed E-state index contributed by atoms with van der Waals surface area (Å²) in [6, 6.07) is 67.0. The number of fused-ring (bicyclic) bond motifs is 3. The molecule has 0 bridgehead atoms. The fourth-order valence-corrected chi connectivity index (χ4v) is 6.83. The summed E-state index contributed by atoms with van der Waals surface area (Å²) in [7, 11) is 0. The van der Waals surface area contributed by atoms with Crippen molar-refractivity contribution in [2.24, 2.45) is 0 Å². The minimum atomic E-state index is 0.859. The molecule has 9 aromatic rings. The smallest absolute Gasteiger partial charge is 0.135 e. The lowest BCUT2D eigenvalue weighted by Crippen LogP contribution is -2.10. The summed E-state index contributed by atoms with van der Waals surface area (Å²) in [5.41, 5.74) is 10.0. The SMILES string of the molecule is c1cc(-c2ccc(N(c3cccc(-c4cc5ccccc5o4)c3)c3ccc4ccccc4c3)cc2)cc(-c2cccc3ccccc23)c1. The van der Waals surface area contributed by atoms with Gasteiger partial charge in [-0.1, -0.05) is 133 Å². The monoisotopic (exact) mass is 613 g/mol. The van der Waals surface area contributed by atoms with E-state index < -0.39 is 0 Å². The van der Waals surface area contributed by atoms with E-state index in [4.69, 9.17) is 4.42 Å². The highest BCUT2D eigenvalue weighted by molar-refractivity contribution is 5.97. The van der Waals surface area contributed by atoms with Crippen molar-refractivity contribution < 1.29 is 4.42 Å². The average Bonchev–Trinajstić information content (AvgIpc) is 3.60. The van der Waals surface area contributed by atoms with E-state index in [1.54, 1.807) is 0 Å². The van der Waals surface area contributed by atoms with Crippen molar-refractivity contribution in [1.82, 2.24) is 0 Å². The summed E-state index contributed by atoms with van der Waals surface area (Å²) >= 11 is 0. The molecule has 0 saturated heterocycles. The first-order chi connectivity index (χ1) is 23.8. The van der Waals surface area contributed by atoms with E-state index in [9.17, 15) is 0 Å². The fraction of sp³-hybridized carbons (Fsp3) is 0. The van der Waals surface area contributed by atoms with Gasteiger partial charge >= 0.3 is 0 Å². The van der Waals surface area contributed by atoms with E-state index in [1.807, 2.05) is 18.2 Å². The Morgan fingerprint density at radius 3 is 1.85 bits per heavy atom. The molecular formula is C46H31NO. The van der Waals surface area contributed by atoms with E-state index in [0.717, 1.165) is 39.4 Å². The van der Waals surface area contributed by atoms with Crippen molar-refractivity contribution in [3.8, 4) is 33.6 Å². The molecule has 48 heavy (non-hydrogen) atoms. The van der Waals surface area contributed by atoms with Gasteiger partial charge in [-0.15, -0.1) is 0 Å². The van der Waals surface area contributed by atoms with Crippen LogP contribution in [0.5, 0.6) is 0 Å². The Bertz CT molecular complexity index is 2540. The van der Waals surface area contributed by atoms with Crippen LogP contribution in [0.4, 0.5) is 17.1 Å². The molecule has 0 N–H and O–H groups in total. The summed E-state index contributed by atoms with van der Waals surface area (Å²) in [6.07, 6.45) is 0. The molecule has 2 heteroatoms. The molecule has 0 unspecified atom stereocenters. The lowest BCUT2D eigenvalue weighted by Gasteiger charge is -2.26. The predicted molar refractivity (Wildman–Crippen MR) is 202 cm³/mol. The molecule has 0 saturated carbocycles. The molecular weight excluding hydrogens is 583 g/mol. The molecule has 1 heterocycles. The quantitative estimate of drug-likeness (QED) is 0.185. The number of hydrogen-bond donors (Lipinski definition) is 0. The second-order valence-electron chi connectivity index (χ2n) is 12.2. The van der Waals surface area contributed by atoms with Gasteiger partial charge in [-0.25, -0.2) is 0 Å². The van der Waals surface area contributed by atoms with Gasteiger partial charge in [0.25, 0.3) is 0 Å². The Labute approximate surface area is 279 Å². The summed E-state index contributed by atoms with van der Waals surface area (Å²) in [4.78, 5) is 2.33. The number of hydrogen-bond acceptors (Lipinski definition) is 2. The molecule has 2 nitrogen and oxygen atoms in total. The number of para-hydroxylation sites is 1. The number of anilines is 3. The van der Waals surface area contributed by atoms with Gasteiger partial charge in [0.15, 0.2) is 0 Å². The Morgan fingerprint density at radius 2 is 0.979 bits per heavy atom. The minimum Gasteiger partial charge on any atom is -0.456 e. The predicted octanol–water partition coefficient (Wildman–Crippen LogP) is 13.2. The Kier molecular flexibility index (Phi) is 6.84. The molecule has 0 atom stereocenters. The van der Waals surface area contributed by atoms with Crippen molar-refractivity contribution in [3.63, 3.8) is 0 Å². The highest BCUT2D eigenvalue weighted by Gasteiger charge is 2.16. The molecule has 0 aliphatic rings. The molecule has 0 aliphatic carbocycles. The largest absolute Gasteiger partial charge is 0.456 e. The summed E-state index contributed by atoms with van der Waals surface area (Å²) in [5, 5.41) is 6.05. The van der Waals surface area contributed by atoms with Gasteiger partial charge in [0.05, 0.1) is 0 Å². The van der Waals surface area contributed by atoms with E-state index in [1.165, 1.54) is 43.8 Å². The number of benzene rings is 8. The molecule has 8 aromatic carbocycles. The van der Waals surface area contributed by atoms with Crippen molar-refractivity contribution in [2.45, 2.75) is 0 Å². The molecule has 0 fully saturated rings. The second-order valence-corrected chi connectivity index (χ2v) is 12.2. The summed E-state index contributed by atoms with van der Waals surface area (Å²) < 4.78 is 6.27. The molecule has 9 rings (SSSR count). The van der Waals surface area contributed by atoms with Crippen LogP contribution in [0, 0.1) is 0 Å². The maximum atomic E-state index is 6.27. The highest BCUT2D eigenvalue weighted by Crippen LogP contribution is 2.40. The maximum Gasteiger partial charge on any atom is 0.135 e. The third-order valence-corrected chi connectivity index (χ3v) is 9.23. The van der Waals surface area contributed by atoms with Crippen LogP contribution in [0.25, 0.3) is 66.1 Å². The molecule has 1 aromatic heterocycles. The normalized spacial score (nSPS) is 11.3. The van der Waals surface area contributed by atoms with Crippen LogP contribution in [0.15, 0.2) is 192 Å². The van der Waals surface area contributed by atoms with E-state index >= 15 is 0 Å². The van der Waals surface area contributed by atoms with Gasteiger partial charge in [-0.05, 0) is 98.4 Å². The van der Waals surface area contributed by atoms with Crippen molar-refractivity contribution in [1.29, 1.82) is 0 Å². The van der Waals surface area contributed by atoms with Crippen LogP contribution in [0.1, 0.15) is 0 Å². The first kappa shape index (κ1) is 27.9. The Morgan fingerprint density at radius 1 is 0.333 bits per heavy atom. The first-order valence-corrected chi connectivity index (χ1v) is 16.3. The van der Waals surface area contributed by atoms with Gasteiger partial charge in [-0.2, -0.15) is 0 Å². The van der Waals surface area contributed by atoms with E-state index in [2.05, 4.69) is 175 Å². The van der Waals surface area contributed by atoms with Crippen LogP contribution in [-0.2, 0) is 0 Å². The van der Waals surface area contributed by atoms with Gasteiger partial charge in [-0.3, -0.25) is 0 Å². The number of rotatable bonds is 6.